The Bertz CT molecular complexity index is 411. The Morgan fingerprint density at radius 1 is 1.25 bits per heavy atom. The lowest BCUT2D eigenvalue weighted by molar-refractivity contribution is -0.155. The van der Waals surface area contributed by atoms with Gasteiger partial charge < -0.3 is 15.3 Å². The molecule has 0 bridgehead atoms. The first kappa shape index (κ1) is 19.7. The highest BCUT2D eigenvalue weighted by Crippen LogP contribution is 2.25. The Hall–Kier alpha value is -0.650. The molecule has 0 aromatic carbocycles. The van der Waals surface area contributed by atoms with Crippen molar-refractivity contribution in [1.82, 2.24) is 15.1 Å². The number of carbonyl (C=O) groups is 1. The number of hydrogen-bond donors (Lipinski definition) is 2. The molecule has 0 spiro atoms. The molecule has 2 atom stereocenters. The third-order valence-corrected chi connectivity index (χ3v) is 5.98. The van der Waals surface area contributed by atoms with Crippen LogP contribution in [-0.4, -0.2) is 70.7 Å². The third kappa shape index (κ3) is 4.50. The van der Waals surface area contributed by atoms with E-state index in [0.29, 0.717) is 18.1 Å². The van der Waals surface area contributed by atoms with E-state index in [0.717, 1.165) is 39.0 Å². The second-order valence-corrected chi connectivity index (χ2v) is 8.33. The van der Waals surface area contributed by atoms with Gasteiger partial charge in [-0.05, 0) is 39.0 Å². The van der Waals surface area contributed by atoms with Crippen molar-refractivity contribution in [1.29, 1.82) is 0 Å². The van der Waals surface area contributed by atoms with Crippen LogP contribution < -0.4 is 5.32 Å². The number of aliphatic hydroxyl groups is 1. The van der Waals surface area contributed by atoms with E-state index >= 15 is 0 Å². The molecule has 0 aliphatic carbocycles. The first-order chi connectivity index (χ1) is 11.3. The maximum atomic E-state index is 12.5. The molecule has 2 fully saturated rings. The molecule has 5 nitrogen and oxygen atoms in total. The van der Waals surface area contributed by atoms with Gasteiger partial charge in [-0.25, -0.2) is 0 Å². The van der Waals surface area contributed by atoms with Gasteiger partial charge in [0.25, 0.3) is 5.91 Å². The van der Waals surface area contributed by atoms with Crippen LogP contribution in [0.4, 0.5) is 0 Å². The van der Waals surface area contributed by atoms with Gasteiger partial charge in [-0.1, -0.05) is 27.2 Å². The minimum absolute atomic E-state index is 0.0601. The average Bonchev–Trinajstić information content (AvgIpc) is 2.50. The van der Waals surface area contributed by atoms with E-state index in [1.165, 1.54) is 12.8 Å². The molecule has 2 unspecified atom stereocenters. The zero-order valence-corrected chi connectivity index (χ0v) is 16.2. The molecule has 2 N–H and O–H groups in total. The summed E-state index contributed by atoms with van der Waals surface area (Å²) in [6, 6.07) is 1.84. The molecule has 140 valence electrons. The molecule has 0 aromatic rings. The van der Waals surface area contributed by atoms with Crippen LogP contribution in [-0.2, 0) is 4.79 Å². The fourth-order valence-electron chi connectivity index (χ4n) is 3.84. The Kier molecular flexibility index (Phi) is 6.68. The molecule has 0 saturated carbocycles. The normalized spacial score (nSPS) is 24.7. The van der Waals surface area contributed by atoms with Crippen LogP contribution in [0.5, 0.6) is 0 Å². The lowest BCUT2D eigenvalue weighted by Crippen LogP contribution is -2.64. The Morgan fingerprint density at radius 2 is 1.83 bits per heavy atom. The molecule has 0 radical (unpaired) electrons. The summed E-state index contributed by atoms with van der Waals surface area (Å²) in [5, 5.41) is 14.1. The summed E-state index contributed by atoms with van der Waals surface area (Å²) in [5.74, 6) is -0.164. The number of nitrogens with zero attached hydrogens (tertiary/aromatic N) is 2. The number of piperidine rings is 1. The summed E-state index contributed by atoms with van der Waals surface area (Å²) in [6.45, 7) is 13.8. The van der Waals surface area contributed by atoms with Crippen molar-refractivity contribution in [3.8, 4) is 0 Å². The highest BCUT2D eigenvalue weighted by atomic mass is 16.3. The van der Waals surface area contributed by atoms with E-state index in [1.807, 2.05) is 18.7 Å². The molecule has 2 aliphatic heterocycles. The van der Waals surface area contributed by atoms with Crippen LogP contribution in [0.25, 0.3) is 0 Å². The minimum atomic E-state index is -1.24. The number of likely N-dealkylation sites (tertiary alicyclic amines) is 2. The van der Waals surface area contributed by atoms with Gasteiger partial charge in [0.2, 0.25) is 0 Å². The van der Waals surface area contributed by atoms with Gasteiger partial charge in [-0.3, -0.25) is 9.69 Å². The lowest BCUT2D eigenvalue weighted by atomic mass is 9.89. The first-order valence-electron chi connectivity index (χ1n) is 9.77. The van der Waals surface area contributed by atoms with Crippen molar-refractivity contribution < 1.29 is 9.90 Å². The topological polar surface area (TPSA) is 55.8 Å². The number of amides is 1. The zero-order chi connectivity index (χ0) is 17.9. The molecule has 0 aromatic heterocycles. The second kappa shape index (κ2) is 8.15. The van der Waals surface area contributed by atoms with Crippen LogP contribution in [0.3, 0.4) is 0 Å². The Morgan fingerprint density at radius 3 is 2.33 bits per heavy atom. The predicted octanol–water partition coefficient (Wildman–Crippen LogP) is 1.85. The highest BCUT2D eigenvalue weighted by molar-refractivity contribution is 5.84. The van der Waals surface area contributed by atoms with Gasteiger partial charge >= 0.3 is 0 Å². The summed E-state index contributed by atoms with van der Waals surface area (Å²) in [6.07, 6.45) is 4.53. The molecular formula is C19H37N3O2. The third-order valence-electron chi connectivity index (χ3n) is 5.98. The maximum absolute atomic E-state index is 12.5. The molecule has 2 aliphatic rings. The van der Waals surface area contributed by atoms with Crippen LogP contribution in [0, 0.1) is 5.92 Å². The van der Waals surface area contributed by atoms with Gasteiger partial charge in [0, 0.05) is 44.3 Å². The van der Waals surface area contributed by atoms with E-state index in [9.17, 15) is 9.90 Å². The van der Waals surface area contributed by atoms with Crippen LogP contribution >= 0.6 is 0 Å². The van der Waals surface area contributed by atoms with E-state index in [2.05, 4.69) is 24.1 Å². The van der Waals surface area contributed by atoms with E-state index in [4.69, 9.17) is 0 Å². The number of rotatable bonds is 7. The first-order valence-corrected chi connectivity index (χ1v) is 9.77. The van der Waals surface area contributed by atoms with Crippen molar-refractivity contribution in [2.24, 2.45) is 5.92 Å². The SMILES string of the molecule is CCCC(C)NC1CN(C2CCN(C(=O)C(C)(O)C(C)C)CC2)C1. The quantitative estimate of drug-likeness (QED) is 0.743. The number of nitrogens with one attached hydrogen (secondary N) is 1. The summed E-state index contributed by atoms with van der Waals surface area (Å²) in [4.78, 5) is 16.9. The highest BCUT2D eigenvalue weighted by Gasteiger charge is 2.40. The van der Waals surface area contributed by atoms with Gasteiger partial charge in [0.05, 0.1) is 0 Å². The summed E-state index contributed by atoms with van der Waals surface area (Å²) in [5.41, 5.74) is -1.24. The number of carbonyl (C=O) groups excluding carboxylic acids is 1. The smallest absolute Gasteiger partial charge is 0.254 e. The molecule has 2 heterocycles. The van der Waals surface area contributed by atoms with Crippen LogP contribution in [0.15, 0.2) is 0 Å². The van der Waals surface area contributed by atoms with Gasteiger partial charge in [-0.15, -0.1) is 0 Å². The monoisotopic (exact) mass is 339 g/mol. The van der Waals surface area contributed by atoms with Crippen molar-refractivity contribution in [2.75, 3.05) is 26.2 Å². The molecule has 1 amide bonds. The standard InChI is InChI=1S/C19H37N3O2/c1-6-7-15(4)20-16-12-22(13-16)17-8-10-21(11-9-17)18(23)19(5,24)14(2)3/h14-17,20,24H,6-13H2,1-5H3. The molecular weight excluding hydrogens is 302 g/mol. The molecule has 5 heteroatoms. The van der Waals surface area contributed by atoms with Crippen LogP contribution in [0.1, 0.15) is 60.3 Å². The molecule has 2 saturated heterocycles. The summed E-state index contributed by atoms with van der Waals surface area (Å²) in [7, 11) is 0. The van der Waals surface area contributed by atoms with E-state index < -0.39 is 5.60 Å². The van der Waals surface area contributed by atoms with E-state index in [-0.39, 0.29) is 11.8 Å². The molecule has 24 heavy (non-hydrogen) atoms. The van der Waals surface area contributed by atoms with Gasteiger partial charge in [-0.2, -0.15) is 0 Å². The summed E-state index contributed by atoms with van der Waals surface area (Å²) < 4.78 is 0. The largest absolute Gasteiger partial charge is 0.380 e. The van der Waals surface area contributed by atoms with Crippen molar-refractivity contribution in [3.63, 3.8) is 0 Å². The van der Waals surface area contributed by atoms with Crippen molar-refractivity contribution >= 4 is 5.91 Å². The fraction of sp³-hybridized carbons (Fsp3) is 0.947. The zero-order valence-electron chi connectivity index (χ0n) is 16.2. The fourth-order valence-corrected chi connectivity index (χ4v) is 3.84. The van der Waals surface area contributed by atoms with Crippen LogP contribution in [0.2, 0.25) is 0 Å². The van der Waals surface area contributed by atoms with Crippen molar-refractivity contribution in [2.45, 2.75) is 84.0 Å². The number of hydrogen-bond acceptors (Lipinski definition) is 4. The van der Waals surface area contributed by atoms with E-state index in [1.54, 1.807) is 6.92 Å². The maximum Gasteiger partial charge on any atom is 0.254 e. The predicted molar refractivity (Wildman–Crippen MR) is 97.9 cm³/mol. The average molecular weight is 340 g/mol. The second-order valence-electron chi connectivity index (χ2n) is 8.33. The summed E-state index contributed by atoms with van der Waals surface area (Å²) >= 11 is 0. The molecule has 2 rings (SSSR count). The lowest BCUT2D eigenvalue weighted by Gasteiger charge is -2.48. The van der Waals surface area contributed by atoms with Gasteiger partial charge in [0.15, 0.2) is 0 Å². The van der Waals surface area contributed by atoms with Gasteiger partial charge in [0.1, 0.15) is 5.60 Å². The minimum Gasteiger partial charge on any atom is -0.380 e. The Labute approximate surface area is 147 Å². The Balaban J connectivity index is 1.72. The van der Waals surface area contributed by atoms with Crippen molar-refractivity contribution in [3.05, 3.63) is 0 Å².